The van der Waals surface area contributed by atoms with Crippen molar-refractivity contribution < 1.29 is 4.39 Å². The number of hydrogen-bond acceptors (Lipinski definition) is 2. The Balaban J connectivity index is 2.32. The molecule has 1 aromatic heterocycles. The van der Waals surface area contributed by atoms with Crippen LogP contribution in [-0.2, 0) is 6.54 Å². The van der Waals surface area contributed by atoms with Crippen molar-refractivity contribution in [1.82, 2.24) is 9.13 Å². The molecule has 0 radical (unpaired) electrons. The van der Waals surface area contributed by atoms with Gasteiger partial charge in [0.1, 0.15) is 5.82 Å². The molecule has 4 nitrogen and oxygen atoms in total. The van der Waals surface area contributed by atoms with Crippen LogP contribution in [0.25, 0.3) is 0 Å². The van der Waals surface area contributed by atoms with Crippen LogP contribution in [0.2, 0.25) is 0 Å². The fourth-order valence-electron chi connectivity index (χ4n) is 1.83. The topological polar surface area (TPSA) is 52.9 Å². The molecule has 0 aliphatic rings. The van der Waals surface area contributed by atoms with Crippen molar-refractivity contribution in [2.45, 2.75) is 26.4 Å². The predicted molar refractivity (Wildman–Crippen MR) is 69.0 cm³/mol. The Morgan fingerprint density at radius 2 is 2.06 bits per heavy atom. The van der Waals surface area contributed by atoms with Gasteiger partial charge in [-0.2, -0.15) is 0 Å². The first-order valence-electron chi connectivity index (χ1n) is 5.80. The fraction of sp³-hybridized carbons (Fsp3) is 0.308. The molecule has 5 heteroatoms. The van der Waals surface area contributed by atoms with Crippen molar-refractivity contribution in [3.8, 4) is 0 Å². The lowest BCUT2D eigenvalue weighted by atomic mass is 10.2. The molecule has 0 saturated carbocycles. The van der Waals surface area contributed by atoms with Gasteiger partial charge in [0, 0.05) is 24.1 Å². The van der Waals surface area contributed by atoms with Crippen molar-refractivity contribution in [3.63, 3.8) is 0 Å². The molecule has 0 aliphatic heterocycles. The first-order valence-corrected chi connectivity index (χ1v) is 5.80. The highest BCUT2D eigenvalue weighted by atomic mass is 19.1. The molecule has 0 amide bonds. The van der Waals surface area contributed by atoms with Crippen LogP contribution in [-0.4, -0.2) is 9.13 Å². The van der Waals surface area contributed by atoms with E-state index in [9.17, 15) is 9.18 Å². The van der Waals surface area contributed by atoms with Gasteiger partial charge in [-0.3, -0.25) is 9.13 Å². The summed E-state index contributed by atoms with van der Waals surface area (Å²) in [6.07, 6.45) is 3.46. The van der Waals surface area contributed by atoms with E-state index in [0.29, 0.717) is 12.2 Å². The molecular formula is C13H16FN3O. The summed E-state index contributed by atoms with van der Waals surface area (Å²) < 4.78 is 16.1. The first-order chi connectivity index (χ1) is 8.49. The van der Waals surface area contributed by atoms with Crippen LogP contribution in [0.1, 0.15) is 25.5 Å². The van der Waals surface area contributed by atoms with Crippen LogP contribution < -0.4 is 11.4 Å². The molecule has 0 spiro atoms. The van der Waals surface area contributed by atoms with E-state index < -0.39 is 0 Å². The second kappa shape index (κ2) is 4.68. The van der Waals surface area contributed by atoms with E-state index in [1.807, 2.05) is 13.8 Å². The zero-order valence-electron chi connectivity index (χ0n) is 10.4. The van der Waals surface area contributed by atoms with E-state index in [0.717, 1.165) is 5.56 Å². The van der Waals surface area contributed by atoms with Crippen molar-refractivity contribution in [2.24, 2.45) is 0 Å². The third-order valence-electron chi connectivity index (χ3n) is 2.88. The number of anilines is 1. The molecule has 2 rings (SSSR count). The van der Waals surface area contributed by atoms with Gasteiger partial charge in [-0.05, 0) is 31.5 Å². The summed E-state index contributed by atoms with van der Waals surface area (Å²) in [7, 11) is 0. The Bertz CT molecular complexity index is 613. The van der Waals surface area contributed by atoms with Gasteiger partial charge in [0.05, 0.1) is 6.54 Å². The van der Waals surface area contributed by atoms with Gasteiger partial charge in [-0.15, -0.1) is 0 Å². The molecular weight excluding hydrogens is 233 g/mol. The van der Waals surface area contributed by atoms with Crippen LogP contribution in [0.4, 0.5) is 10.1 Å². The predicted octanol–water partition coefficient (Wildman–Crippen LogP) is 2.00. The molecule has 18 heavy (non-hydrogen) atoms. The van der Waals surface area contributed by atoms with Crippen LogP contribution in [0.15, 0.2) is 35.4 Å². The summed E-state index contributed by atoms with van der Waals surface area (Å²) in [5.74, 6) is -0.372. The molecule has 0 atom stereocenters. The maximum absolute atomic E-state index is 12.9. The largest absolute Gasteiger partial charge is 0.398 e. The molecule has 1 aromatic carbocycles. The number of benzene rings is 1. The van der Waals surface area contributed by atoms with Crippen molar-refractivity contribution in [3.05, 3.63) is 52.5 Å². The zero-order chi connectivity index (χ0) is 13.3. The van der Waals surface area contributed by atoms with Crippen molar-refractivity contribution in [1.29, 1.82) is 0 Å². The number of halogens is 1. The van der Waals surface area contributed by atoms with Crippen LogP contribution in [0, 0.1) is 5.82 Å². The quantitative estimate of drug-likeness (QED) is 0.846. The van der Waals surface area contributed by atoms with Gasteiger partial charge in [-0.25, -0.2) is 9.18 Å². The highest BCUT2D eigenvalue weighted by Gasteiger charge is 2.08. The van der Waals surface area contributed by atoms with E-state index >= 15 is 0 Å². The third kappa shape index (κ3) is 2.30. The average Bonchev–Trinajstić information content (AvgIpc) is 2.64. The molecule has 2 N–H and O–H groups in total. The molecule has 1 heterocycles. The lowest BCUT2D eigenvalue weighted by Crippen LogP contribution is -2.25. The standard InChI is InChI=1S/C13H16FN3O/c1-9(2)17-6-5-16(13(17)18)8-10-3-4-11(14)7-12(10)15/h3-7,9H,8,15H2,1-2H3. The summed E-state index contributed by atoms with van der Waals surface area (Å²) in [5, 5.41) is 0. The summed E-state index contributed by atoms with van der Waals surface area (Å²) >= 11 is 0. The van der Waals surface area contributed by atoms with Crippen LogP contribution >= 0.6 is 0 Å². The van der Waals surface area contributed by atoms with Gasteiger partial charge >= 0.3 is 5.69 Å². The number of nitrogens with two attached hydrogens (primary N) is 1. The number of nitrogen functional groups attached to an aromatic ring is 1. The van der Waals surface area contributed by atoms with E-state index in [1.165, 1.54) is 12.1 Å². The summed E-state index contributed by atoms with van der Waals surface area (Å²) in [6.45, 7) is 4.24. The van der Waals surface area contributed by atoms with E-state index in [1.54, 1.807) is 27.6 Å². The third-order valence-corrected chi connectivity index (χ3v) is 2.88. The van der Waals surface area contributed by atoms with E-state index in [4.69, 9.17) is 5.73 Å². The number of imidazole rings is 1. The summed E-state index contributed by atoms with van der Waals surface area (Å²) in [4.78, 5) is 12.0. The number of rotatable bonds is 3. The van der Waals surface area contributed by atoms with Crippen molar-refractivity contribution >= 4 is 5.69 Å². The van der Waals surface area contributed by atoms with Crippen LogP contribution in [0.5, 0.6) is 0 Å². The Labute approximate surface area is 104 Å². The minimum atomic E-state index is -0.372. The lowest BCUT2D eigenvalue weighted by molar-refractivity contribution is 0.561. The van der Waals surface area contributed by atoms with E-state index in [-0.39, 0.29) is 17.5 Å². The smallest absolute Gasteiger partial charge is 0.328 e. The van der Waals surface area contributed by atoms with E-state index in [2.05, 4.69) is 0 Å². The Morgan fingerprint density at radius 3 is 2.61 bits per heavy atom. The highest BCUT2D eigenvalue weighted by Crippen LogP contribution is 2.14. The Kier molecular flexibility index (Phi) is 3.23. The normalized spacial score (nSPS) is 11.1. The molecule has 2 aromatic rings. The lowest BCUT2D eigenvalue weighted by Gasteiger charge is -2.07. The van der Waals surface area contributed by atoms with Gasteiger partial charge in [0.15, 0.2) is 0 Å². The molecule has 0 unspecified atom stereocenters. The van der Waals surface area contributed by atoms with Gasteiger partial charge in [0.2, 0.25) is 0 Å². The van der Waals surface area contributed by atoms with Crippen molar-refractivity contribution in [2.75, 3.05) is 5.73 Å². The minimum absolute atomic E-state index is 0.0891. The summed E-state index contributed by atoms with van der Waals surface area (Å²) in [6, 6.07) is 4.32. The van der Waals surface area contributed by atoms with Gasteiger partial charge in [-0.1, -0.05) is 6.07 Å². The monoisotopic (exact) mass is 249 g/mol. The minimum Gasteiger partial charge on any atom is -0.398 e. The Morgan fingerprint density at radius 1 is 1.33 bits per heavy atom. The first kappa shape index (κ1) is 12.4. The van der Waals surface area contributed by atoms with Gasteiger partial charge < -0.3 is 5.73 Å². The molecule has 0 fully saturated rings. The number of nitrogens with zero attached hydrogens (tertiary/aromatic N) is 2. The number of aromatic nitrogens is 2. The Hall–Kier alpha value is -2.04. The maximum atomic E-state index is 12.9. The second-order valence-corrected chi connectivity index (χ2v) is 4.55. The summed E-state index contributed by atoms with van der Waals surface area (Å²) in [5.41, 5.74) is 6.73. The second-order valence-electron chi connectivity index (χ2n) is 4.55. The fourth-order valence-corrected chi connectivity index (χ4v) is 1.83. The highest BCUT2D eigenvalue weighted by molar-refractivity contribution is 5.46. The molecule has 0 aliphatic carbocycles. The van der Waals surface area contributed by atoms with Gasteiger partial charge in [0.25, 0.3) is 0 Å². The number of hydrogen-bond donors (Lipinski definition) is 1. The zero-order valence-corrected chi connectivity index (χ0v) is 10.4. The molecule has 96 valence electrons. The maximum Gasteiger partial charge on any atom is 0.328 e. The van der Waals surface area contributed by atoms with Crippen LogP contribution in [0.3, 0.4) is 0 Å². The average molecular weight is 249 g/mol. The molecule has 0 saturated heterocycles. The SMILES string of the molecule is CC(C)n1ccn(Cc2ccc(F)cc2N)c1=O. The molecule has 0 bridgehead atoms.